The molecule has 3 N–H and O–H groups in total. The summed E-state index contributed by atoms with van der Waals surface area (Å²) in [7, 11) is -3.62. The molecule has 46 heavy (non-hydrogen) atoms. The van der Waals surface area contributed by atoms with Gasteiger partial charge in [0.2, 0.25) is 10.0 Å². The minimum absolute atomic E-state index is 0.0671. The molecule has 0 radical (unpaired) electrons. The third-order valence-corrected chi connectivity index (χ3v) is 9.36. The van der Waals surface area contributed by atoms with Crippen molar-refractivity contribution in [3.63, 3.8) is 0 Å². The Morgan fingerprint density at radius 2 is 1.76 bits per heavy atom. The SMILES string of the molecule is CS(=O)(=O)N[C@H]1CCCC[C@@H]1N1C(=O)c2ccccc2[C@@H](C(=O)NOCc2cccc(OCC(=O)O)c2)[C@@H]1c1ccc(Cl)cc1Cl. The fourth-order valence-corrected chi connectivity index (χ4v) is 7.60. The maximum atomic E-state index is 14.4. The highest BCUT2D eigenvalue weighted by Crippen LogP contribution is 2.47. The van der Waals surface area contributed by atoms with E-state index in [0.29, 0.717) is 45.9 Å². The smallest absolute Gasteiger partial charge is 0.341 e. The number of fused-ring (bicyclic) bond motifs is 1. The Hall–Kier alpha value is -3.68. The molecular weight excluding hydrogens is 657 g/mol. The number of carbonyl (C=O) groups is 3. The van der Waals surface area contributed by atoms with Gasteiger partial charge in [0.15, 0.2) is 6.61 Å². The van der Waals surface area contributed by atoms with E-state index in [1.165, 1.54) is 0 Å². The molecule has 0 unspecified atom stereocenters. The number of carboxylic acids is 1. The highest BCUT2D eigenvalue weighted by Gasteiger charge is 2.49. The average Bonchev–Trinajstić information content (AvgIpc) is 3.00. The largest absolute Gasteiger partial charge is 0.482 e. The van der Waals surface area contributed by atoms with E-state index in [2.05, 4.69) is 10.2 Å². The number of sulfonamides is 1. The van der Waals surface area contributed by atoms with Crippen molar-refractivity contribution in [3.8, 4) is 5.75 Å². The molecule has 244 valence electrons. The molecule has 1 aliphatic carbocycles. The van der Waals surface area contributed by atoms with Crippen LogP contribution in [0.2, 0.25) is 10.0 Å². The van der Waals surface area contributed by atoms with Gasteiger partial charge in [-0.05, 0) is 59.9 Å². The summed E-state index contributed by atoms with van der Waals surface area (Å²) in [5.74, 6) is -2.69. The molecular formula is C32H33Cl2N3O8S. The number of ether oxygens (including phenoxy) is 1. The number of hydroxylamine groups is 1. The summed E-state index contributed by atoms with van der Waals surface area (Å²) in [6.45, 7) is -0.573. The first-order valence-electron chi connectivity index (χ1n) is 14.6. The van der Waals surface area contributed by atoms with Crippen molar-refractivity contribution in [1.82, 2.24) is 15.1 Å². The summed E-state index contributed by atoms with van der Waals surface area (Å²) >= 11 is 13.0. The molecule has 0 saturated heterocycles. The van der Waals surface area contributed by atoms with Gasteiger partial charge in [-0.2, -0.15) is 0 Å². The lowest BCUT2D eigenvalue weighted by atomic mass is 9.76. The predicted molar refractivity (Wildman–Crippen MR) is 171 cm³/mol. The Labute approximate surface area is 276 Å². The maximum Gasteiger partial charge on any atom is 0.341 e. The van der Waals surface area contributed by atoms with Crippen molar-refractivity contribution in [1.29, 1.82) is 0 Å². The van der Waals surface area contributed by atoms with Gasteiger partial charge in [-0.15, -0.1) is 0 Å². The van der Waals surface area contributed by atoms with Gasteiger partial charge in [0.1, 0.15) is 5.75 Å². The number of hydrogen-bond acceptors (Lipinski definition) is 7. The van der Waals surface area contributed by atoms with Crippen LogP contribution in [0.3, 0.4) is 0 Å². The van der Waals surface area contributed by atoms with Crippen LogP contribution in [0.15, 0.2) is 66.7 Å². The van der Waals surface area contributed by atoms with Crippen LogP contribution in [0.4, 0.5) is 0 Å². The zero-order valence-electron chi connectivity index (χ0n) is 24.8. The fraction of sp³-hybridized carbons (Fsp3) is 0.344. The molecule has 4 atom stereocenters. The van der Waals surface area contributed by atoms with E-state index in [-0.39, 0.29) is 17.5 Å². The summed E-state index contributed by atoms with van der Waals surface area (Å²) in [5, 5.41) is 9.51. The van der Waals surface area contributed by atoms with Gasteiger partial charge in [0, 0.05) is 27.7 Å². The Morgan fingerprint density at radius 3 is 2.50 bits per heavy atom. The highest BCUT2D eigenvalue weighted by atomic mass is 35.5. The second-order valence-corrected chi connectivity index (χ2v) is 13.9. The molecule has 5 rings (SSSR count). The highest BCUT2D eigenvalue weighted by molar-refractivity contribution is 7.88. The number of rotatable bonds is 11. The molecule has 2 aliphatic rings. The number of nitrogens with one attached hydrogen (secondary N) is 2. The monoisotopic (exact) mass is 689 g/mol. The van der Waals surface area contributed by atoms with Gasteiger partial charge < -0.3 is 14.7 Å². The predicted octanol–water partition coefficient (Wildman–Crippen LogP) is 4.85. The second kappa shape index (κ2) is 14.4. The van der Waals surface area contributed by atoms with Crippen LogP contribution >= 0.6 is 23.2 Å². The first-order valence-corrected chi connectivity index (χ1v) is 17.3. The first kappa shape index (κ1) is 33.7. The first-order chi connectivity index (χ1) is 21.9. The van der Waals surface area contributed by atoms with Crippen molar-refractivity contribution in [2.24, 2.45) is 0 Å². The van der Waals surface area contributed by atoms with Crippen LogP contribution in [-0.4, -0.2) is 61.2 Å². The topological polar surface area (TPSA) is 151 Å². The number of hydrogen-bond donors (Lipinski definition) is 3. The summed E-state index contributed by atoms with van der Waals surface area (Å²) in [6, 6.07) is 16.2. The van der Waals surface area contributed by atoms with Crippen LogP contribution in [0.1, 0.15) is 64.7 Å². The van der Waals surface area contributed by atoms with Crippen molar-refractivity contribution >= 4 is 51.0 Å². The fourth-order valence-electron chi connectivity index (χ4n) is 6.25. The molecule has 14 heteroatoms. The molecule has 1 saturated carbocycles. The number of benzene rings is 3. The van der Waals surface area contributed by atoms with Crippen LogP contribution in [0.5, 0.6) is 5.75 Å². The molecule has 11 nitrogen and oxygen atoms in total. The van der Waals surface area contributed by atoms with E-state index >= 15 is 0 Å². The molecule has 3 aromatic rings. The molecule has 1 fully saturated rings. The number of halogens is 2. The zero-order chi connectivity index (χ0) is 33.0. The Morgan fingerprint density at radius 1 is 1.00 bits per heavy atom. The summed E-state index contributed by atoms with van der Waals surface area (Å²) in [6.07, 6.45) is 3.64. The minimum atomic E-state index is -3.62. The maximum absolute atomic E-state index is 14.4. The molecule has 1 aliphatic heterocycles. The summed E-state index contributed by atoms with van der Waals surface area (Å²) < 4.78 is 32.7. The average molecular weight is 691 g/mol. The van der Waals surface area contributed by atoms with Gasteiger partial charge in [0.05, 0.1) is 24.8 Å². The normalized spacial score (nSPS) is 21.4. The number of aliphatic carboxylic acids is 1. The molecule has 1 heterocycles. The zero-order valence-corrected chi connectivity index (χ0v) is 27.1. The number of amides is 2. The molecule has 0 aromatic heterocycles. The van der Waals surface area contributed by atoms with Crippen LogP contribution in [0.25, 0.3) is 0 Å². The van der Waals surface area contributed by atoms with Crippen LogP contribution < -0.4 is 14.9 Å². The van der Waals surface area contributed by atoms with Gasteiger partial charge in [-0.3, -0.25) is 14.4 Å². The number of carbonyl (C=O) groups excluding carboxylic acids is 2. The Kier molecular flexibility index (Phi) is 10.5. The lowest BCUT2D eigenvalue weighted by Crippen LogP contribution is -2.59. The molecule has 0 spiro atoms. The van der Waals surface area contributed by atoms with Crippen molar-refractivity contribution in [2.45, 2.75) is 56.3 Å². The van der Waals surface area contributed by atoms with Gasteiger partial charge in [-0.25, -0.2) is 23.4 Å². The van der Waals surface area contributed by atoms with Crippen LogP contribution in [-0.2, 0) is 31.1 Å². The van der Waals surface area contributed by atoms with E-state index < -0.39 is 52.6 Å². The third-order valence-electron chi connectivity index (χ3n) is 8.06. The summed E-state index contributed by atoms with van der Waals surface area (Å²) in [4.78, 5) is 46.6. The lowest BCUT2D eigenvalue weighted by molar-refractivity contribution is -0.139. The quantitative estimate of drug-likeness (QED) is 0.242. The van der Waals surface area contributed by atoms with Crippen molar-refractivity contribution in [2.75, 3.05) is 12.9 Å². The van der Waals surface area contributed by atoms with Crippen molar-refractivity contribution in [3.05, 3.63) is 99.0 Å². The summed E-state index contributed by atoms with van der Waals surface area (Å²) in [5.41, 5.74) is 4.40. The Balaban J connectivity index is 1.51. The number of carboxylic acid groups (broad SMARTS) is 1. The lowest BCUT2D eigenvalue weighted by Gasteiger charge is -2.49. The minimum Gasteiger partial charge on any atom is -0.482 e. The van der Waals surface area contributed by atoms with E-state index in [9.17, 15) is 22.8 Å². The van der Waals surface area contributed by atoms with E-state index in [1.807, 2.05) is 0 Å². The van der Waals surface area contributed by atoms with E-state index in [1.54, 1.807) is 71.6 Å². The second-order valence-electron chi connectivity index (χ2n) is 11.3. The molecule has 2 amide bonds. The van der Waals surface area contributed by atoms with Gasteiger partial charge >= 0.3 is 5.97 Å². The number of nitrogens with zero attached hydrogens (tertiary/aromatic N) is 1. The van der Waals surface area contributed by atoms with Gasteiger partial charge in [-0.1, -0.05) is 72.4 Å². The van der Waals surface area contributed by atoms with Crippen LogP contribution in [0, 0.1) is 0 Å². The molecule has 0 bridgehead atoms. The van der Waals surface area contributed by atoms with E-state index in [4.69, 9.17) is 37.9 Å². The third kappa shape index (κ3) is 7.81. The Bertz CT molecular complexity index is 1740. The van der Waals surface area contributed by atoms with E-state index in [0.717, 1.165) is 19.1 Å². The van der Waals surface area contributed by atoms with Gasteiger partial charge in [0.25, 0.3) is 11.8 Å². The van der Waals surface area contributed by atoms with Crippen molar-refractivity contribution < 1.29 is 37.5 Å². The molecule has 3 aromatic carbocycles. The standard InChI is InChI=1S/C32H33Cl2N3O8S/c1-46(42,43)36-26-11-4-5-12-27(26)37-30(24-14-13-20(33)16-25(24)34)29(22-9-2-3-10-23(22)32(37)41)31(40)35-45-17-19-7-6-8-21(15-19)44-18-28(38)39/h2-3,6-10,13-16,26-27,29-30,36H,4-5,11-12,17-18H2,1H3,(H,35,40)(H,38,39)/t26-,27-,29+,30-/m0/s1.